The first kappa shape index (κ1) is 14.0. The largest absolute Gasteiger partial charge is 0.277 e. The summed E-state index contributed by atoms with van der Waals surface area (Å²) < 4.78 is 0. The molecule has 0 bridgehead atoms. The Balaban J connectivity index is 1.70. The summed E-state index contributed by atoms with van der Waals surface area (Å²) in [7, 11) is 0. The van der Waals surface area contributed by atoms with Crippen LogP contribution in [0, 0.1) is 0 Å². The van der Waals surface area contributed by atoms with Gasteiger partial charge in [-0.3, -0.25) is 4.99 Å². The molecule has 2 aliphatic carbocycles. The summed E-state index contributed by atoms with van der Waals surface area (Å²) in [5, 5.41) is 0. The Morgan fingerprint density at radius 2 is 1.70 bits per heavy atom. The van der Waals surface area contributed by atoms with Crippen molar-refractivity contribution in [3.05, 3.63) is 101 Å². The summed E-state index contributed by atoms with van der Waals surface area (Å²) in [4.78, 5) is 4.97. The minimum atomic E-state index is 0.165. The smallest absolute Gasteiger partial charge is 0.0728 e. The molecular formula is C22H19N. The Morgan fingerprint density at radius 3 is 2.57 bits per heavy atom. The van der Waals surface area contributed by atoms with E-state index in [1.165, 1.54) is 22.3 Å². The predicted molar refractivity (Wildman–Crippen MR) is 97.7 cm³/mol. The zero-order valence-electron chi connectivity index (χ0n) is 13.2. The predicted octanol–water partition coefficient (Wildman–Crippen LogP) is 5.50. The Kier molecular flexibility index (Phi) is 3.55. The molecule has 0 saturated heterocycles. The monoisotopic (exact) mass is 297 g/mol. The first-order valence-corrected chi connectivity index (χ1v) is 8.11. The van der Waals surface area contributed by atoms with Gasteiger partial charge in [0.25, 0.3) is 0 Å². The summed E-state index contributed by atoms with van der Waals surface area (Å²) in [5.41, 5.74) is 6.32. The van der Waals surface area contributed by atoms with E-state index in [1.54, 1.807) is 0 Å². The Bertz CT molecular complexity index is 837. The molecule has 0 fully saturated rings. The SMILES string of the molecule is CC(N=C1C=CC2C1=CC=Cc1ccccc12)c1ccccc1. The van der Waals surface area contributed by atoms with Gasteiger partial charge in [0.05, 0.1) is 11.8 Å². The minimum Gasteiger partial charge on any atom is -0.277 e. The van der Waals surface area contributed by atoms with Gasteiger partial charge in [0.1, 0.15) is 0 Å². The number of nitrogens with zero attached hydrogens (tertiary/aromatic N) is 1. The third kappa shape index (κ3) is 2.59. The lowest BCUT2D eigenvalue weighted by molar-refractivity contribution is 0.820. The van der Waals surface area contributed by atoms with E-state index in [9.17, 15) is 0 Å². The van der Waals surface area contributed by atoms with Crippen molar-refractivity contribution in [3.63, 3.8) is 0 Å². The van der Waals surface area contributed by atoms with Crippen LogP contribution in [0.2, 0.25) is 0 Å². The van der Waals surface area contributed by atoms with Gasteiger partial charge in [-0.25, -0.2) is 0 Å². The first-order valence-electron chi connectivity index (χ1n) is 8.11. The average molecular weight is 297 g/mol. The maximum absolute atomic E-state index is 4.97. The highest BCUT2D eigenvalue weighted by molar-refractivity contribution is 6.13. The molecule has 1 nitrogen and oxygen atoms in total. The lowest BCUT2D eigenvalue weighted by atomic mass is 9.91. The normalized spacial score (nSPS) is 21.5. The highest BCUT2D eigenvalue weighted by atomic mass is 14.8. The fourth-order valence-electron chi connectivity index (χ4n) is 3.34. The van der Waals surface area contributed by atoms with Crippen molar-refractivity contribution in [2.24, 2.45) is 4.99 Å². The van der Waals surface area contributed by atoms with E-state index in [0.29, 0.717) is 5.92 Å². The van der Waals surface area contributed by atoms with Gasteiger partial charge in [-0.05, 0) is 35.3 Å². The van der Waals surface area contributed by atoms with Crippen molar-refractivity contribution in [2.75, 3.05) is 0 Å². The molecule has 2 aromatic rings. The number of allylic oxidation sites excluding steroid dienone is 5. The van der Waals surface area contributed by atoms with Gasteiger partial charge in [-0.15, -0.1) is 0 Å². The van der Waals surface area contributed by atoms with E-state index in [2.05, 4.69) is 85.8 Å². The second-order valence-electron chi connectivity index (χ2n) is 6.05. The third-order valence-electron chi connectivity index (χ3n) is 4.57. The second kappa shape index (κ2) is 5.85. The number of fused-ring (bicyclic) bond motifs is 3. The lowest BCUT2D eigenvalue weighted by Crippen LogP contribution is -2.04. The number of hydrogen-bond acceptors (Lipinski definition) is 1. The molecule has 0 spiro atoms. The van der Waals surface area contributed by atoms with Crippen LogP contribution in [-0.2, 0) is 0 Å². The van der Waals surface area contributed by atoms with Gasteiger partial charge in [0, 0.05) is 5.92 Å². The number of benzene rings is 2. The Hall–Kier alpha value is -2.67. The zero-order chi connectivity index (χ0) is 15.6. The van der Waals surface area contributed by atoms with Crippen LogP contribution in [0.3, 0.4) is 0 Å². The zero-order valence-corrected chi connectivity index (χ0v) is 13.2. The minimum absolute atomic E-state index is 0.165. The van der Waals surface area contributed by atoms with Crippen LogP contribution in [0.1, 0.15) is 35.6 Å². The highest BCUT2D eigenvalue weighted by Gasteiger charge is 2.25. The highest BCUT2D eigenvalue weighted by Crippen LogP contribution is 2.37. The molecule has 2 atom stereocenters. The maximum Gasteiger partial charge on any atom is 0.0728 e. The summed E-state index contributed by atoms with van der Waals surface area (Å²) >= 11 is 0. The van der Waals surface area contributed by atoms with Crippen LogP contribution in [0.15, 0.2) is 89.5 Å². The fraction of sp³-hybridized carbons (Fsp3) is 0.136. The Labute approximate surface area is 137 Å². The molecule has 112 valence electrons. The van der Waals surface area contributed by atoms with E-state index in [1.807, 2.05) is 6.07 Å². The summed E-state index contributed by atoms with van der Waals surface area (Å²) in [5.74, 6) is 0.322. The van der Waals surface area contributed by atoms with E-state index < -0.39 is 0 Å². The van der Waals surface area contributed by atoms with E-state index >= 15 is 0 Å². The summed E-state index contributed by atoms with van der Waals surface area (Å²) in [6.45, 7) is 2.16. The molecule has 1 heteroatoms. The Morgan fingerprint density at radius 1 is 0.913 bits per heavy atom. The molecular weight excluding hydrogens is 278 g/mol. The van der Waals surface area contributed by atoms with Crippen molar-refractivity contribution in [1.29, 1.82) is 0 Å². The van der Waals surface area contributed by atoms with Gasteiger partial charge >= 0.3 is 0 Å². The van der Waals surface area contributed by atoms with Crippen LogP contribution in [-0.4, -0.2) is 5.71 Å². The van der Waals surface area contributed by atoms with Crippen LogP contribution < -0.4 is 0 Å². The molecule has 23 heavy (non-hydrogen) atoms. The van der Waals surface area contributed by atoms with Crippen molar-refractivity contribution in [3.8, 4) is 0 Å². The van der Waals surface area contributed by atoms with Crippen molar-refractivity contribution < 1.29 is 0 Å². The fourth-order valence-corrected chi connectivity index (χ4v) is 3.34. The van der Waals surface area contributed by atoms with Gasteiger partial charge in [0.15, 0.2) is 0 Å². The topological polar surface area (TPSA) is 12.4 Å². The lowest BCUT2D eigenvalue weighted by Gasteiger charge is -2.14. The maximum atomic E-state index is 4.97. The number of aliphatic imine (C=N–C) groups is 1. The quantitative estimate of drug-likeness (QED) is 0.694. The van der Waals surface area contributed by atoms with E-state index in [4.69, 9.17) is 4.99 Å². The average Bonchev–Trinajstić information content (AvgIpc) is 2.89. The summed E-state index contributed by atoms with van der Waals surface area (Å²) in [6, 6.07) is 19.2. The van der Waals surface area contributed by atoms with Gasteiger partial charge in [0.2, 0.25) is 0 Å². The number of rotatable bonds is 2. The van der Waals surface area contributed by atoms with Crippen molar-refractivity contribution in [1.82, 2.24) is 0 Å². The second-order valence-corrected chi connectivity index (χ2v) is 6.05. The van der Waals surface area contributed by atoms with Gasteiger partial charge in [-0.1, -0.05) is 78.9 Å². The molecule has 0 N–H and O–H groups in total. The molecule has 0 radical (unpaired) electrons. The summed E-state index contributed by atoms with van der Waals surface area (Å²) in [6.07, 6.45) is 11.0. The van der Waals surface area contributed by atoms with Crippen LogP contribution >= 0.6 is 0 Å². The van der Waals surface area contributed by atoms with Gasteiger partial charge < -0.3 is 0 Å². The standard InChI is InChI=1S/C22H19N/c1-16(17-8-3-2-4-9-17)23-22-15-14-20-19-12-6-5-10-18(19)11-7-13-21(20)22/h2-16,20H,1H3. The molecule has 0 heterocycles. The molecule has 4 rings (SSSR count). The van der Waals surface area contributed by atoms with E-state index in [0.717, 1.165) is 5.71 Å². The van der Waals surface area contributed by atoms with Crippen molar-refractivity contribution in [2.45, 2.75) is 18.9 Å². The molecule has 0 saturated carbocycles. The first-order chi connectivity index (χ1) is 11.3. The molecule has 0 aromatic heterocycles. The molecule has 2 unspecified atom stereocenters. The number of hydrogen-bond donors (Lipinski definition) is 0. The van der Waals surface area contributed by atoms with Crippen LogP contribution in [0.4, 0.5) is 0 Å². The van der Waals surface area contributed by atoms with E-state index in [-0.39, 0.29) is 6.04 Å². The van der Waals surface area contributed by atoms with Gasteiger partial charge in [-0.2, -0.15) is 0 Å². The third-order valence-corrected chi connectivity index (χ3v) is 4.57. The molecule has 0 aliphatic heterocycles. The van der Waals surface area contributed by atoms with Crippen LogP contribution in [0.5, 0.6) is 0 Å². The van der Waals surface area contributed by atoms with Crippen LogP contribution in [0.25, 0.3) is 6.08 Å². The molecule has 0 amide bonds. The molecule has 2 aromatic carbocycles. The molecule has 2 aliphatic rings. The van der Waals surface area contributed by atoms with Crippen molar-refractivity contribution >= 4 is 11.8 Å².